The van der Waals surface area contributed by atoms with Gasteiger partial charge in [-0.3, -0.25) is 24.0 Å². The van der Waals surface area contributed by atoms with Crippen molar-refractivity contribution in [3.05, 3.63) is 124 Å². The number of carbonyl (C=O) groups is 5. The lowest BCUT2D eigenvalue weighted by atomic mass is 10.0. The second-order valence-electron chi connectivity index (χ2n) is 14.2. The number of imidazole rings is 1. The van der Waals surface area contributed by atoms with Gasteiger partial charge in [-0.05, 0) is 113 Å². The standard InChI is InChI=1S/C45H54N10O6/c1-5-54(6-2)24-12-22-46-41(57)32-26-33(42(58)47-23-13-25-55(7-3)8-4)28-36(27-32)49-43(59)31-16-18-34(19-17-31)52-53-39(40(56)30-14-10-9-11-15-30)44(60)48-35-20-21-37-38(29-35)51-45(61)50-37/h9-11,14-21,26-29,39H,5-8,12-13,22-25H2,1-4H3,(H,46,57)(H,47,58)(H,48,60)(H,49,59)(H2,50,51,61)/b53-52+. The average Bonchev–Trinajstić information content (AvgIpc) is 3.65. The van der Waals surface area contributed by atoms with Crippen LogP contribution < -0.4 is 27.0 Å². The molecule has 0 saturated heterocycles. The third-order valence-corrected chi connectivity index (χ3v) is 10.1. The van der Waals surface area contributed by atoms with Crippen LogP contribution in [0.25, 0.3) is 11.0 Å². The number of Topliss-reactive ketones (excluding diaryl/α,β-unsaturated/α-hetero) is 1. The lowest BCUT2D eigenvalue weighted by Gasteiger charge is -2.18. The molecule has 0 bridgehead atoms. The van der Waals surface area contributed by atoms with Crippen molar-refractivity contribution in [1.29, 1.82) is 0 Å². The Morgan fingerprint density at radius 3 is 1.74 bits per heavy atom. The maximum absolute atomic E-state index is 13.5. The summed E-state index contributed by atoms with van der Waals surface area (Å²) in [4.78, 5) is 88.7. The molecule has 1 atom stereocenters. The summed E-state index contributed by atoms with van der Waals surface area (Å²) in [5.41, 5.74) is 2.43. The highest BCUT2D eigenvalue weighted by Gasteiger charge is 2.28. The Balaban J connectivity index is 1.30. The number of anilines is 2. The quantitative estimate of drug-likeness (QED) is 0.0210. The number of aromatic nitrogens is 2. The smallest absolute Gasteiger partial charge is 0.323 e. The van der Waals surface area contributed by atoms with Crippen molar-refractivity contribution in [3.8, 4) is 0 Å². The maximum Gasteiger partial charge on any atom is 0.323 e. The van der Waals surface area contributed by atoms with Gasteiger partial charge in [0.25, 0.3) is 23.6 Å². The molecule has 0 aliphatic rings. The lowest BCUT2D eigenvalue weighted by Crippen LogP contribution is -2.33. The number of fused-ring (bicyclic) bond motifs is 1. The van der Waals surface area contributed by atoms with Crippen LogP contribution in [0.4, 0.5) is 17.1 Å². The van der Waals surface area contributed by atoms with Crippen LogP contribution >= 0.6 is 0 Å². The molecule has 4 aromatic carbocycles. The molecule has 6 N–H and O–H groups in total. The third kappa shape index (κ3) is 13.1. The zero-order valence-corrected chi connectivity index (χ0v) is 35.0. The van der Waals surface area contributed by atoms with E-state index in [-0.39, 0.29) is 45.4 Å². The number of carbonyl (C=O) groups excluding carboxylic acids is 5. The Labute approximate surface area is 354 Å². The van der Waals surface area contributed by atoms with Gasteiger partial charge < -0.3 is 41.0 Å². The van der Waals surface area contributed by atoms with Gasteiger partial charge in [-0.2, -0.15) is 10.2 Å². The molecule has 5 rings (SSSR count). The summed E-state index contributed by atoms with van der Waals surface area (Å²) in [7, 11) is 0. The van der Waals surface area contributed by atoms with E-state index in [1.165, 1.54) is 42.5 Å². The minimum atomic E-state index is -1.56. The molecular formula is C45H54N10O6. The van der Waals surface area contributed by atoms with Crippen LogP contribution in [0.5, 0.6) is 0 Å². The fourth-order valence-electron chi connectivity index (χ4n) is 6.57. The number of H-pyrrole nitrogens is 2. The van der Waals surface area contributed by atoms with Gasteiger partial charge in [0, 0.05) is 46.7 Å². The Kier molecular flexibility index (Phi) is 16.8. The van der Waals surface area contributed by atoms with Crippen molar-refractivity contribution >= 4 is 57.5 Å². The van der Waals surface area contributed by atoms with Gasteiger partial charge in [-0.1, -0.05) is 58.0 Å². The number of ketones is 1. The molecule has 0 aliphatic carbocycles. The zero-order chi connectivity index (χ0) is 43.7. The van der Waals surface area contributed by atoms with Gasteiger partial charge in [0.2, 0.25) is 6.04 Å². The fraction of sp³-hybridized carbons (Fsp3) is 0.333. The monoisotopic (exact) mass is 830 g/mol. The van der Waals surface area contributed by atoms with Crippen LogP contribution in [0.2, 0.25) is 0 Å². The molecule has 16 heteroatoms. The number of nitrogens with zero attached hydrogens (tertiary/aromatic N) is 4. The largest absolute Gasteiger partial charge is 0.352 e. The van der Waals surface area contributed by atoms with E-state index in [9.17, 15) is 28.8 Å². The first-order valence-corrected chi connectivity index (χ1v) is 20.6. The van der Waals surface area contributed by atoms with Crippen LogP contribution in [0.1, 0.15) is 82.0 Å². The van der Waals surface area contributed by atoms with Crippen molar-refractivity contribution in [3.63, 3.8) is 0 Å². The normalized spacial score (nSPS) is 11.8. The lowest BCUT2D eigenvalue weighted by molar-refractivity contribution is -0.116. The summed E-state index contributed by atoms with van der Waals surface area (Å²) in [5.74, 6) is -2.57. The van der Waals surface area contributed by atoms with E-state index in [0.717, 1.165) is 52.1 Å². The number of rotatable bonds is 22. The summed E-state index contributed by atoms with van der Waals surface area (Å²) < 4.78 is 0. The summed E-state index contributed by atoms with van der Waals surface area (Å²) in [5, 5.41) is 19.7. The Bertz CT molecular complexity index is 2320. The molecule has 1 aromatic heterocycles. The average molecular weight is 831 g/mol. The minimum Gasteiger partial charge on any atom is -0.352 e. The number of aromatic amines is 2. The van der Waals surface area contributed by atoms with E-state index < -0.39 is 29.3 Å². The van der Waals surface area contributed by atoms with Crippen molar-refractivity contribution in [2.75, 3.05) is 63.0 Å². The molecule has 61 heavy (non-hydrogen) atoms. The Hall–Kier alpha value is -6.78. The SMILES string of the molecule is CCN(CC)CCCNC(=O)c1cc(NC(=O)c2ccc(/N=N/C(C(=O)Nc3ccc4[nH]c(=O)[nH]c4c3)C(=O)c3ccccc3)cc2)cc(C(=O)NCCCN(CC)CC)c1. The predicted octanol–water partition coefficient (Wildman–Crippen LogP) is 6.01. The molecule has 0 fully saturated rings. The van der Waals surface area contributed by atoms with Crippen LogP contribution in [-0.2, 0) is 4.79 Å². The summed E-state index contributed by atoms with van der Waals surface area (Å²) in [6, 6.07) is 22.0. The van der Waals surface area contributed by atoms with Crippen molar-refractivity contribution in [1.82, 2.24) is 30.4 Å². The van der Waals surface area contributed by atoms with Crippen molar-refractivity contribution in [2.45, 2.75) is 46.6 Å². The number of hydrogen-bond acceptors (Lipinski definition) is 10. The zero-order valence-electron chi connectivity index (χ0n) is 35.0. The van der Waals surface area contributed by atoms with Gasteiger partial charge in [0.05, 0.1) is 16.7 Å². The summed E-state index contributed by atoms with van der Waals surface area (Å²) in [6.07, 6.45) is 1.51. The number of nitrogens with one attached hydrogen (secondary N) is 6. The van der Waals surface area contributed by atoms with Crippen LogP contribution in [0.15, 0.2) is 106 Å². The number of azo groups is 1. The van der Waals surface area contributed by atoms with Crippen LogP contribution in [0, 0.1) is 0 Å². The molecule has 16 nitrogen and oxygen atoms in total. The summed E-state index contributed by atoms with van der Waals surface area (Å²) >= 11 is 0. The molecule has 1 unspecified atom stereocenters. The highest BCUT2D eigenvalue weighted by atomic mass is 16.2. The molecule has 1 heterocycles. The van der Waals surface area contributed by atoms with E-state index in [1.54, 1.807) is 48.5 Å². The molecule has 320 valence electrons. The van der Waals surface area contributed by atoms with Crippen molar-refractivity contribution < 1.29 is 24.0 Å². The molecule has 5 aromatic rings. The highest BCUT2D eigenvalue weighted by molar-refractivity contribution is 6.17. The number of benzene rings is 4. The molecular weight excluding hydrogens is 777 g/mol. The van der Waals surface area contributed by atoms with Gasteiger partial charge in [0.15, 0.2) is 5.78 Å². The topological polar surface area (TPSA) is 213 Å². The van der Waals surface area contributed by atoms with E-state index in [0.29, 0.717) is 29.8 Å². The van der Waals surface area contributed by atoms with Crippen LogP contribution in [-0.4, -0.2) is 108 Å². The van der Waals surface area contributed by atoms with E-state index in [2.05, 4.69) is 79.0 Å². The molecule has 0 spiro atoms. The van der Waals surface area contributed by atoms with Gasteiger partial charge >= 0.3 is 5.69 Å². The van der Waals surface area contributed by atoms with E-state index in [4.69, 9.17) is 0 Å². The third-order valence-electron chi connectivity index (χ3n) is 10.1. The second kappa shape index (κ2) is 22.6. The van der Waals surface area contributed by atoms with E-state index in [1.807, 2.05) is 0 Å². The fourth-order valence-corrected chi connectivity index (χ4v) is 6.57. The molecule has 0 aliphatic heterocycles. The predicted molar refractivity (Wildman–Crippen MR) is 237 cm³/mol. The first kappa shape index (κ1) is 45.3. The summed E-state index contributed by atoms with van der Waals surface area (Å²) in [6.45, 7) is 14.6. The first-order chi connectivity index (χ1) is 29.5. The molecule has 4 amide bonds. The van der Waals surface area contributed by atoms with Gasteiger partial charge in [-0.25, -0.2) is 4.79 Å². The van der Waals surface area contributed by atoms with E-state index >= 15 is 0 Å². The maximum atomic E-state index is 13.5. The first-order valence-electron chi connectivity index (χ1n) is 20.6. The molecule has 0 radical (unpaired) electrons. The van der Waals surface area contributed by atoms with Crippen molar-refractivity contribution in [2.24, 2.45) is 10.2 Å². The second-order valence-corrected chi connectivity index (χ2v) is 14.2. The van der Waals surface area contributed by atoms with Gasteiger partial charge in [0.1, 0.15) is 0 Å². The Morgan fingerprint density at radius 1 is 0.590 bits per heavy atom. The number of hydrogen-bond donors (Lipinski definition) is 6. The Morgan fingerprint density at radius 2 is 1.16 bits per heavy atom. The van der Waals surface area contributed by atoms with Crippen LogP contribution in [0.3, 0.4) is 0 Å². The van der Waals surface area contributed by atoms with Gasteiger partial charge in [-0.15, -0.1) is 0 Å². The minimum absolute atomic E-state index is 0.230. The highest BCUT2D eigenvalue weighted by Crippen LogP contribution is 2.21. The number of amides is 4. The molecule has 0 saturated carbocycles.